The van der Waals surface area contributed by atoms with Gasteiger partial charge in [-0.3, -0.25) is 5.21 Å². The zero-order valence-electron chi connectivity index (χ0n) is 8.27. The van der Waals surface area contributed by atoms with Gasteiger partial charge in [0, 0.05) is 0 Å². The van der Waals surface area contributed by atoms with Gasteiger partial charge in [-0.05, 0) is 24.3 Å². The highest BCUT2D eigenvalue weighted by Crippen LogP contribution is 2.34. The largest absolute Gasteiger partial charge is 0.283 e. The van der Waals surface area contributed by atoms with Crippen LogP contribution in [0.15, 0.2) is 48.5 Å². The fourth-order valence-electron chi connectivity index (χ4n) is 1.36. The Bertz CT molecular complexity index is 488. The van der Waals surface area contributed by atoms with Crippen LogP contribution in [0.3, 0.4) is 0 Å². The number of para-hydroxylation sites is 1. The lowest BCUT2D eigenvalue weighted by atomic mass is 10.2. The second-order valence-corrected chi connectivity index (χ2v) is 4.01. The Labute approximate surface area is 104 Å². The highest BCUT2D eigenvalue weighted by molar-refractivity contribution is 6.43. The number of nitrogens with zero attached hydrogens (tertiary/aromatic N) is 1. The van der Waals surface area contributed by atoms with Crippen molar-refractivity contribution in [1.82, 2.24) is 0 Å². The number of halogens is 2. The van der Waals surface area contributed by atoms with Crippen molar-refractivity contribution in [2.75, 3.05) is 5.06 Å². The van der Waals surface area contributed by atoms with Crippen molar-refractivity contribution < 1.29 is 5.21 Å². The van der Waals surface area contributed by atoms with E-state index in [-0.39, 0.29) is 0 Å². The van der Waals surface area contributed by atoms with Crippen molar-refractivity contribution in [3.05, 3.63) is 58.6 Å². The van der Waals surface area contributed by atoms with Crippen LogP contribution in [0, 0.1) is 0 Å². The van der Waals surface area contributed by atoms with Crippen molar-refractivity contribution in [1.29, 1.82) is 0 Å². The van der Waals surface area contributed by atoms with E-state index < -0.39 is 0 Å². The summed E-state index contributed by atoms with van der Waals surface area (Å²) in [5.41, 5.74) is 1.09. The molecule has 0 amide bonds. The molecule has 0 saturated carbocycles. The van der Waals surface area contributed by atoms with Gasteiger partial charge in [0.15, 0.2) is 0 Å². The number of anilines is 2. The molecule has 0 spiro atoms. The first-order valence-corrected chi connectivity index (χ1v) is 5.44. The van der Waals surface area contributed by atoms with Crippen molar-refractivity contribution in [2.45, 2.75) is 0 Å². The Morgan fingerprint density at radius 2 is 1.56 bits per heavy atom. The maximum Gasteiger partial charge on any atom is 0.0894 e. The third-order valence-electron chi connectivity index (χ3n) is 2.16. The molecule has 0 heterocycles. The zero-order valence-corrected chi connectivity index (χ0v) is 9.78. The van der Waals surface area contributed by atoms with E-state index in [2.05, 4.69) is 0 Å². The first-order chi connectivity index (χ1) is 7.70. The van der Waals surface area contributed by atoms with Crippen LogP contribution in [0.1, 0.15) is 0 Å². The summed E-state index contributed by atoms with van der Waals surface area (Å²) < 4.78 is 0. The van der Waals surface area contributed by atoms with E-state index in [9.17, 15) is 5.21 Å². The van der Waals surface area contributed by atoms with Crippen LogP contribution in [0.5, 0.6) is 0 Å². The maximum atomic E-state index is 9.99. The molecule has 0 bridgehead atoms. The molecule has 82 valence electrons. The van der Waals surface area contributed by atoms with E-state index in [0.29, 0.717) is 21.4 Å². The minimum absolute atomic E-state index is 0.329. The van der Waals surface area contributed by atoms with E-state index in [1.54, 1.807) is 30.3 Å². The second-order valence-electron chi connectivity index (χ2n) is 3.22. The summed E-state index contributed by atoms with van der Waals surface area (Å²) in [4.78, 5) is 0. The molecule has 2 aromatic rings. The molecule has 0 aromatic heterocycles. The highest BCUT2D eigenvalue weighted by atomic mass is 35.5. The van der Waals surface area contributed by atoms with Crippen molar-refractivity contribution in [2.24, 2.45) is 0 Å². The standard InChI is InChI=1S/C12H9Cl2NO/c13-10-7-4-8-11(12(10)14)15(16)9-5-2-1-3-6-9/h1-8,16H. The normalized spacial score (nSPS) is 10.2. The van der Waals surface area contributed by atoms with Gasteiger partial charge in [-0.2, -0.15) is 0 Å². The summed E-state index contributed by atoms with van der Waals surface area (Å²) in [7, 11) is 0. The summed E-state index contributed by atoms with van der Waals surface area (Å²) in [6.45, 7) is 0. The third kappa shape index (κ3) is 2.14. The van der Waals surface area contributed by atoms with Crippen molar-refractivity contribution >= 4 is 34.6 Å². The lowest BCUT2D eigenvalue weighted by molar-refractivity contribution is 0.301. The first kappa shape index (κ1) is 11.3. The average molecular weight is 254 g/mol. The van der Waals surface area contributed by atoms with E-state index in [1.807, 2.05) is 18.2 Å². The van der Waals surface area contributed by atoms with Crippen LogP contribution in [0.4, 0.5) is 11.4 Å². The van der Waals surface area contributed by atoms with Gasteiger partial charge in [-0.25, -0.2) is 5.06 Å². The lowest BCUT2D eigenvalue weighted by Crippen LogP contribution is -2.10. The van der Waals surface area contributed by atoms with Crippen molar-refractivity contribution in [3.8, 4) is 0 Å². The lowest BCUT2D eigenvalue weighted by Gasteiger charge is -2.18. The summed E-state index contributed by atoms with van der Waals surface area (Å²) >= 11 is 11.9. The number of hydrogen-bond acceptors (Lipinski definition) is 2. The molecular weight excluding hydrogens is 245 g/mol. The fourth-order valence-corrected chi connectivity index (χ4v) is 1.74. The Kier molecular flexibility index (Phi) is 3.34. The smallest absolute Gasteiger partial charge is 0.0894 e. The maximum absolute atomic E-state index is 9.99. The van der Waals surface area contributed by atoms with Gasteiger partial charge < -0.3 is 0 Å². The quantitative estimate of drug-likeness (QED) is 0.796. The molecule has 2 aromatic carbocycles. The summed E-state index contributed by atoms with van der Waals surface area (Å²) in [5, 5.41) is 11.7. The zero-order chi connectivity index (χ0) is 11.5. The molecule has 4 heteroatoms. The Morgan fingerprint density at radius 1 is 0.875 bits per heavy atom. The molecule has 0 unspecified atom stereocenters. The van der Waals surface area contributed by atoms with Crippen LogP contribution >= 0.6 is 23.2 Å². The molecule has 16 heavy (non-hydrogen) atoms. The van der Waals surface area contributed by atoms with Crippen molar-refractivity contribution in [3.63, 3.8) is 0 Å². The number of rotatable bonds is 2. The molecule has 0 saturated heterocycles. The van der Waals surface area contributed by atoms with Gasteiger partial charge in [0.2, 0.25) is 0 Å². The predicted octanol–water partition coefficient (Wildman–Crippen LogP) is 4.52. The van der Waals surface area contributed by atoms with Gasteiger partial charge in [0.1, 0.15) is 0 Å². The third-order valence-corrected chi connectivity index (χ3v) is 2.97. The Balaban J connectivity index is 2.42. The van der Waals surface area contributed by atoms with Gasteiger partial charge in [0.25, 0.3) is 0 Å². The van der Waals surface area contributed by atoms with Crippen LogP contribution in [-0.2, 0) is 0 Å². The molecule has 0 atom stereocenters. The van der Waals surface area contributed by atoms with Crippen LogP contribution < -0.4 is 5.06 Å². The molecule has 1 N–H and O–H groups in total. The number of hydrogen-bond donors (Lipinski definition) is 1. The van der Waals surface area contributed by atoms with Gasteiger partial charge >= 0.3 is 0 Å². The molecule has 0 aliphatic carbocycles. The molecule has 0 fully saturated rings. The molecule has 2 rings (SSSR count). The predicted molar refractivity (Wildman–Crippen MR) is 66.8 cm³/mol. The van der Waals surface area contributed by atoms with E-state index in [1.165, 1.54) is 0 Å². The average Bonchev–Trinajstić information content (AvgIpc) is 2.33. The SMILES string of the molecule is ON(c1ccccc1)c1cccc(Cl)c1Cl. The Morgan fingerprint density at radius 3 is 2.25 bits per heavy atom. The fraction of sp³-hybridized carbons (Fsp3) is 0. The molecular formula is C12H9Cl2NO. The van der Waals surface area contributed by atoms with Gasteiger partial charge in [-0.1, -0.05) is 47.5 Å². The van der Waals surface area contributed by atoms with Crippen LogP contribution in [0.25, 0.3) is 0 Å². The van der Waals surface area contributed by atoms with Crippen LogP contribution in [-0.4, -0.2) is 5.21 Å². The molecule has 0 radical (unpaired) electrons. The summed E-state index contributed by atoms with van der Waals surface area (Å²) in [6, 6.07) is 14.2. The first-order valence-electron chi connectivity index (χ1n) is 4.68. The van der Waals surface area contributed by atoms with E-state index >= 15 is 0 Å². The molecule has 2 nitrogen and oxygen atoms in total. The van der Waals surface area contributed by atoms with Crippen LogP contribution in [0.2, 0.25) is 10.0 Å². The second kappa shape index (κ2) is 4.74. The summed E-state index contributed by atoms with van der Waals surface area (Å²) in [6.07, 6.45) is 0. The minimum atomic E-state index is 0.329. The summed E-state index contributed by atoms with van der Waals surface area (Å²) in [5.74, 6) is 0. The topological polar surface area (TPSA) is 23.5 Å². The highest BCUT2D eigenvalue weighted by Gasteiger charge is 2.11. The Hall–Kier alpha value is -1.22. The molecule has 0 aliphatic rings. The minimum Gasteiger partial charge on any atom is -0.283 e. The van der Waals surface area contributed by atoms with E-state index in [4.69, 9.17) is 23.2 Å². The molecule has 0 aliphatic heterocycles. The monoisotopic (exact) mass is 253 g/mol. The van der Waals surface area contributed by atoms with Gasteiger partial charge in [-0.15, -0.1) is 0 Å². The van der Waals surface area contributed by atoms with E-state index in [0.717, 1.165) is 5.06 Å². The van der Waals surface area contributed by atoms with Gasteiger partial charge in [0.05, 0.1) is 21.4 Å². The number of benzene rings is 2.